The molecule has 0 aromatic heterocycles. The smallest absolute Gasteiger partial charge is 0.313 e. The lowest BCUT2D eigenvalue weighted by Gasteiger charge is -2.20. The molecule has 0 N–H and O–H groups in total. The van der Waals surface area contributed by atoms with E-state index in [1.54, 1.807) is 0 Å². The molecule has 1 aromatic carbocycles. The molecular weight excluding hydrogens is 188 g/mol. The third-order valence-electron chi connectivity index (χ3n) is 2.83. The summed E-state index contributed by atoms with van der Waals surface area (Å²) in [6.07, 6.45) is 0.967. The highest BCUT2D eigenvalue weighted by Gasteiger charge is 2.26. The molecule has 1 rings (SSSR count). The molecule has 0 unspecified atom stereocenters. The van der Waals surface area contributed by atoms with Crippen LogP contribution >= 0.6 is 0 Å². The van der Waals surface area contributed by atoms with E-state index in [1.807, 2.05) is 30.3 Å². The molecule has 0 fully saturated rings. The van der Waals surface area contributed by atoms with Gasteiger partial charge in [0.15, 0.2) is 0 Å². The first-order valence-corrected chi connectivity index (χ1v) is 5.33. The summed E-state index contributed by atoms with van der Waals surface area (Å²) >= 11 is 0. The van der Waals surface area contributed by atoms with Crippen molar-refractivity contribution in [1.82, 2.24) is 0 Å². The zero-order chi connectivity index (χ0) is 11.3. The van der Waals surface area contributed by atoms with Crippen LogP contribution in [-0.2, 0) is 9.53 Å². The first-order chi connectivity index (χ1) is 7.20. The number of methoxy groups -OCH3 is 1. The van der Waals surface area contributed by atoms with Gasteiger partial charge in [-0.05, 0) is 11.5 Å². The molecule has 2 nitrogen and oxygen atoms in total. The van der Waals surface area contributed by atoms with Gasteiger partial charge in [-0.25, -0.2) is 0 Å². The number of hydrogen-bond acceptors (Lipinski definition) is 2. The van der Waals surface area contributed by atoms with Crippen molar-refractivity contribution in [3.63, 3.8) is 0 Å². The standard InChI is InChI=1S/C13H18O2/c1-4-10(2)12(13(14)15-3)11-8-6-5-7-9-11/h5-10,12H,4H2,1-3H3/t10-,12+/m0/s1. The lowest BCUT2D eigenvalue weighted by Crippen LogP contribution is -2.20. The molecule has 0 amide bonds. The Bertz CT molecular complexity index is 306. The van der Waals surface area contributed by atoms with Crippen LogP contribution < -0.4 is 0 Å². The Kier molecular flexibility index (Phi) is 4.35. The van der Waals surface area contributed by atoms with Gasteiger partial charge < -0.3 is 4.74 Å². The summed E-state index contributed by atoms with van der Waals surface area (Å²) in [5.74, 6) is 0.0246. The summed E-state index contributed by atoms with van der Waals surface area (Å²) < 4.78 is 4.85. The molecule has 0 saturated heterocycles. The third kappa shape index (κ3) is 2.82. The van der Waals surface area contributed by atoms with Crippen LogP contribution in [0.3, 0.4) is 0 Å². The fourth-order valence-corrected chi connectivity index (χ4v) is 1.72. The number of hydrogen-bond donors (Lipinski definition) is 0. The van der Waals surface area contributed by atoms with Gasteiger partial charge in [-0.2, -0.15) is 0 Å². The van der Waals surface area contributed by atoms with Crippen LogP contribution in [0.1, 0.15) is 31.7 Å². The number of carbonyl (C=O) groups excluding carboxylic acids is 1. The largest absolute Gasteiger partial charge is 0.469 e. The van der Waals surface area contributed by atoms with Crippen molar-refractivity contribution in [2.75, 3.05) is 7.11 Å². The monoisotopic (exact) mass is 206 g/mol. The highest BCUT2D eigenvalue weighted by Crippen LogP contribution is 2.27. The minimum Gasteiger partial charge on any atom is -0.469 e. The fraction of sp³-hybridized carbons (Fsp3) is 0.462. The Morgan fingerprint density at radius 2 is 1.93 bits per heavy atom. The number of benzene rings is 1. The second kappa shape index (κ2) is 5.54. The molecule has 0 aliphatic rings. The molecule has 0 radical (unpaired) electrons. The van der Waals surface area contributed by atoms with Gasteiger partial charge in [0.25, 0.3) is 0 Å². The summed E-state index contributed by atoms with van der Waals surface area (Å²) in [7, 11) is 1.45. The molecule has 2 heteroatoms. The van der Waals surface area contributed by atoms with Crippen molar-refractivity contribution < 1.29 is 9.53 Å². The summed E-state index contributed by atoms with van der Waals surface area (Å²) in [5.41, 5.74) is 1.04. The molecule has 1 aromatic rings. The van der Waals surface area contributed by atoms with Gasteiger partial charge in [-0.1, -0.05) is 50.6 Å². The highest BCUT2D eigenvalue weighted by molar-refractivity contribution is 5.78. The first kappa shape index (κ1) is 11.8. The van der Waals surface area contributed by atoms with Gasteiger partial charge in [-0.15, -0.1) is 0 Å². The predicted octanol–water partition coefficient (Wildman–Crippen LogP) is 2.99. The van der Waals surface area contributed by atoms with Gasteiger partial charge in [0.1, 0.15) is 0 Å². The van der Waals surface area contributed by atoms with Crippen LogP contribution in [0.4, 0.5) is 0 Å². The van der Waals surface area contributed by atoms with Crippen LogP contribution in [0.2, 0.25) is 0 Å². The van der Waals surface area contributed by atoms with Crippen LogP contribution in [-0.4, -0.2) is 13.1 Å². The van der Waals surface area contributed by atoms with E-state index in [0.29, 0.717) is 5.92 Å². The molecule has 0 aliphatic carbocycles. The van der Waals surface area contributed by atoms with E-state index in [1.165, 1.54) is 7.11 Å². The van der Waals surface area contributed by atoms with E-state index in [4.69, 9.17) is 4.74 Å². The Balaban J connectivity index is 2.96. The molecule has 0 heterocycles. The SMILES string of the molecule is CC[C@H](C)[C@@H](C(=O)OC)c1ccccc1. The van der Waals surface area contributed by atoms with Gasteiger partial charge in [0.2, 0.25) is 0 Å². The van der Waals surface area contributed by atoms with E-state index in [9.17, 15) is 4.79 Å². The number of esters is 1. The number of ether oxygens (including phenoxy) is 1. The van der Waals surface area contributed by atoms with Gasteiger partial charge in [0, 0.05) is 0 Å². The van der Waals surface area contributed by atoms with E-state index in [2.05, 4.69) is 13.8 Å². The third-order valence-corrected chi connectivity index (χ3v) is 2.83. The van der Waals surface area contributed by atoms with Crippen molar-refractivity contribution in [2.45, 2.75) is 26.2 Å². The van der Waals surface area contributed by atoms with Crippen molar-refractivity contribution in [3.05, 3.63) is 35.9 Å². The average molecular weight is 206 g/mol. The maximum atomic E-state index is 11.7. The Labute approximate surface area is 91.3 Å². The van der Waals surface area contributed by atoms with E-state index < -0.39 is 0 Å². The van der Waals surface area contributed by atoms with Crippen molar-refractivity contribution >= 4 is 5.97 Å². The Morgan fingerprint density at radius 3 is 2.40 bits per heavy atom. The van der Waals surface area contributed by atoms with Crippen LogP contribution in [0.5, 0.6) is 0 Å². The molecule has 0 saturated carbocycles. The zero-order valence-corrected chi connectivity index (χ0v) is 9.57. The quantitative estimate of drug-likeness (QED) is 0.708. The molecule has 82 valence electrons. The molecule has 0 bridgehead atoms. The summed E-state index contributed by atoms with van der Waals surface area (Å²) in [6, 6.07) is 9.82. The van der Waals surface area contributed by atoms with E-state index in [0.717, 1.165) is 12.0 Å². The maximum absolute atomic E-state index is 11.7. The van der Waals surface area contributed by atoms with E-state index in [-0.39, 0.29) is 11.9 Å². The minimum atomic E-state index is -0.143. The van der Waals surface area contributed by atoms with Crippen LogP contribution in [0, 0.1) is 5.92 Å². The van der Waals surface area contributed by atoms with Crippen LogP contribution in [0.25, 0.3) is 0 Å². The fourth-order valence-electron chi connectivity index (χ4n) is 1.72. The molecule has 0 aliphatic heterocycles. The topological polar surface area (TPSA) is 26.3 Å². The molecular formula is C13H18O2. The van der Waals surface area contributed by atoms with Crippen molar-refractivity contribution in [3.8, 4) is 0 Å². The second-order valence-electron chi connectivity index (χ2n) is 3.80. The summed E-state index contributed by atoms with van der Waals surface area (Å²) in [5, 5.41) is 0. The minimum absolute atomic E-state index is 0.138. The molecule has 15 heavy (non-hydrogen) atoms. The molecule has 0 spiro atoms. The average Bonchev–Trinajstić information content (AvgIpc) is 2.30. The highest BCUT2D eigenvalue weighted by atomic mass is 16.5. The summed E-state index contributed by atoms with van der Waals surface area (Å²) in [6.45, 7) is 4.16. The van der Waals surface area contributed by atoms with Crippen LogP contribution in [0.15, 0.2) is 30.3 Å². The van der Waals surface area contributed by atoms with Crippen molar-refractivity contribution in [2.24, 2.45) is 5.92 Å². The number of rotatable bonds is 4. The second-order valence-corrected chi connectivity index (χ2v) is 3.80. The van der Waals surface area contributed by atoms with Gasteiger partial charge >= 0.3 is 5.97 Å². The van der Waals surface area contributed by atoms with Gasteiger partial charge in [0.05, 0.1) is 13.0 Å². The van der Waals surface area contributed by atoms with E-state index >= 15 is 0 Å². The first-order valence-electron chi connectivity index (χ1n) is 5.33. The van der Waals surface area contributed by atoms with Gasteiger partial charge in [-0.3, -0.25) is 4.79 Å². The lowest BCUT2D eigenvalue weighted by atomic mass is 9.86. The molecule has 2 atom stereocenters. The Morgan fingerprint density at radius 1 is 1.33 bits per heavy atom. The summed E-state index contributed by atoms with van der Waals surface area (Å²) in [4.78, 5) is 11.7. The Hall–Kier alpha value is -1.31. The maximum Gasteiger partial charge on any atom is 0.313 e. The zero-order valence-electron chi connectivity index (χ0n) is 9.57. The normalized spacial score (nSPS) is 14.3. The van der Waals surface area contributed by atoms with Crippen molar-refractivity contribution in [1.29, 1.82) is 0 Å². The number of carbonyl (C=O) groups is 1. The lowest BCUT2D eigenvalue weighted by molar-refractivity contribution is -0.143. The predicted molar refractivity (Wildman–Crippen MR) is 60.7 cm³/mol.